The number of benzene rings is 2. The van der Waals surface area contributed by atoms with Crippen molar-refractivity contribution in [1.29, 1.82) is 5.26 Å². The van der Waals surface area contributed by atoms with Crippen LogP contribution in [-0.2, 0) is 0 Å². The lowest BCUT2D eigenvalue weighted by Gasteiger charge is -2.10. The van der Waals surface area contributed by atoms with Crippen LogP contribution in [0, 0.1) is 11.3 Å². The number of nitrogens with one attached hydrogen (secondary N) is 2. The fourth-order valence-corrected chi connectivity index (χ4v) is 2.25. The molecule has 0 aliphatic carbocycles. The molecule has 2 aromatic rings. The minimum absolute atomic E-state index is 0.170. The zero-order valence-corrected chi connectivity index (χ0v) is 14.7. The molecule has 0 aromatic heterocycles. The second-order valence-electron chi connectivity index (χ2n) is 5.33. The van der Waals surface area contributed by atoms with E-state index in [4.69, 9.17) is 22.2 Å². The molecular formula is C19H19N3O2S. The first-order valence-electron chi connectivity index (χ1n) is 7.97. The van der Waals surface area contributed by atoms with E-state index >= 15 is 0 Å². The van der Waals surface area contributed by atoms with Crippen LogP contribution in [0.25, 0.3) is 0 Å². The Morgan fingerprint density at radius 3 is 2.68 bits per heavy atom. The molecule has 0 radical (unpaired) electrons. The summed E-state index contributed by atoms with van der Waals surface area (Å²) in [6, 6.07) is 15.8. The minimum Gasteiger partial charge on any atom is -0.494 e. The van der Waals surface area contributed by atoms with E-state index in [1.165, 1.54) is 0 Å². The van der Waals surface area contributed by atoms with Crippen LogP contribution in [0.1, 0.15) is 35.7 Å². The number of thiocarbonyl (C=S) groups is 1. The molecule has 0 unspecified atom stereocenters. The van der Waals surface area contributed by atoms with E-state index in [1.54, 1.807) is 48.5 Å². The quantitative estimate of drug-likeness (QED) is 0.609. The van der Waals surface area contributed by atoms with Crippen molar-refractivity contribution in [2.24, 2.45) is 0 Å². The van der Waals surface area contributed by atoms with Gasteiger partial charge in [0.25, 0.3) is 5.91 Å². The van der Waals surface area contributed by atoms with Crippen LogP contribution < -0.4 is 15.4 Å². The van der Waals surface area contributed by atoms with Crippen molar-refractivity contribution in [2.45, 2.75) is 19.8 Å². The normalized spacial score (nSPS) is 9.76. The fourth-order valence-electron chi connectivity index (χ4n) is 2.04. The maximum atomic E-state index is 12.2. The molecular weight excluding hydrogens is 334 g/mol. The first-order valence-corrected chi connectivity index (χ1v) is 8.38. The number of anilines is 1. The van der Waals surface area contributed by atoms with Gasteiger partial charge in [-0.05, 0) is 61.1 Å². The molecule has 0 aliphatic rings. The lowest BCUT2D eigenvalue weighted by Crippen LogP contribution is -2.34. The number of nitrogens with zero attached hydrogens (tertiary/aromatic N) is 1. The summed E-state index contributed by atoms with van der Waals surface area (Å²) in [5.74, 6) is 0.424. The van der Waals surface area contributed by atoms with E-state index in [-0.39, 0.29) is 11.0 Å². The van der Waals surface area contributed by atoms with E-state index < -0.39 is 0 Å². The number of unbranched alkanes of at least 4 members (excludes halogenated alkanes) is 1. The molecule has 0 atom stereocenters. The van der Waals surface area contributed by atoms with Crippen molar-refractivity contribution in [2.75, 3.05) is 11.9 Å². The summed E-state index contributed by atoms with van der Waals surface area (Å²) in [5.41, 5.74) is 1.64. The van der Waals surface area contributed by atoms with Crippen molar-refractivity contribution in [3.63, 3.8) is 0 Å². The second-order valence-corrected chi connectivity index (χ2v) is 5.74. The molecule has 2 rings (SSSR count). The molecule has 0 saturated carbocycles. The van der Waals surface area contributed by atoms with Gasteiger partial charge >= 0.3 is 0 Å². The van der Waals surface area contributed by atoms with Crippen LogP contribution in [0.4, 0.5) is 5.69 Å². The number of carbonyl (C=O) groups is 1. The van der Waals surface area contributed by atoms with Crippen molar-refractivity contribution in [3.05, 3.63) is 59.7 Å². The van der Waals surface area contributed by atoms with Crippen molar-refractivity contribution >= 4 is 28.9 Å². The van der Waals surface area contributed by atoms with Gasteiger partial charge in [-0.3, -0.25) is 10.1 Å². The summed E-state index contributed by atoms with van der Waals surface area (Å²) in [6.45, 7) is 2.77. The van der Waals surface area contributed by atoms with Gasteiger partial charge in [0, 0.05) is 11.3 Å². The number of carbonyl (C=O) groups excluding carboxylic acids is 1. The molecule has 25 heavy (non-hydrogen) atoms. The summed E-state index contributed by atoms with van der Waals surface area (Å²) < 4.78 is 5.57. The van der Waals surface area contributed by atoms with E-state index in [0.29, 0.717) is 23.4 Å². The molecule has 0 aliphatic heterocycles. The molecule has 6 heteroatoms. The third kappa shape index (κ3) is 5.90. The van der Waals surface area contributed by atoms with Crippen LogP contribution in [-0.4, -0.2) is 17.6 Å². The standard InChI is InChI=1S/C19H19N3O2S/c1-2-3-11-24-17-9-7-15(8-10-17)18(23)22-19(25)21-16-6-4-5-14(12-16)13-20/h4-10,12H,2-3,11H2,1H3,(H2,21,22,23,25). The Hall–Kier alpha value is -2.91. The topological polar surface area (TPSA) is 74.2 Å². The Labute approximate surface area is 152 Å². The number of hydrogen-bond donors (Lipinski definition) is 2. The molecule has 5 nitrogen and oxygen atoms in total. The lowest BCUT2D eigenvalue weighted by atomic mass is 10.2. The van der Waals surface area contributed by atoms with E-state index in [2.05, 4.69) is 17.6 Å². The zero-order valence-electron chi connectivity index (χ0n) is 13.9. The van der Waals surface area contributed by atoms with Crippen LogP contribution in [0.3, 0.4) is 0 Å². The van der Waals surface area contributed by atoms with Gasteiger partial charge in [0.15, 0.2) is 5.11 Å². The van der Waals surface area contributed by atoms with Gasteiger partial charge in [0.2, 0.25) is 0 Å². The number of ether oxygens (including phenoxy) is 1. The summed E-state index contributed by atoms with van der Waals surface area (Å²) in [6.07, 6.45) is 2.07. The molecule has 2 aromatic carbocycles. The second kappa shape index (κ2) is 9.40. The fraction of sp³-hybridized carbons (Fsp3) is 0.211. The van der Waals surface area contributed by atoms with Gasteiger partial charge < -0.3 is 10.1 Å². The SMILES string of the molecule is CCCCOc1ccc(C(=O)NC(=S)Nc2cccc(C#N)c2)cc1. The third-order valence-corrected chi connectivity index (χ3v) is 3.56. The minimum atomic E-state index is -0.311. The largest absolute Gasteiger partial charge is 0.494 e. The predicted molar refractivity (Wildman–Crippen MR) is 102 cm³/mol. The molecule has 0 heterocycles. The Kier molecular flexibility index (Phi) is 6.93. The maximum Gasteiger partial charge on any atom is 0.257 e. The highest BCUT2D eigenvalue weighted by atomic mass is 32.1. The average Bonchev–Trinajstić information content (AvgIpc) is 2.62. The van der Waals surface area contributed by atoms with Crippen molar-refractivity contribution < 1.29 is 9.53 Å². The summed E-state index contributed by atoms with van der Waals surface area (Å²) in [7, 11) is 0. The first kappa shape index (κ1) is 18.4. The molecule has 0 spiro atoms. The first-order chi connectivity index (χ1) is 12.1. The van der Waals surface area contributed by atoms with E-state index in [0.717, 1.165) is 18.6 Å². The van der Waals surface area contributed by atoms with Crippen LogP contribution in [0.2, 0.25) is 0 Å². The Bertz CT molecular complexity index is 782. The van der Waals surface area contributed by atoms with Gasteiger partial charge in [-0.25, -0.2) is 0 Å². The summed E-state index contributed by atoms with van der Waals surface area (Å²) in [4.78, 5) is 12.2. The summed E-state index contributed by atoms with van der Waals surface area (Å²) in [5, 5.41) is 14.6. The summed E-state index contributed by atoms with van der Waals surface area (Å²) >= 11 is 5.14. The van der Waals surface area contributed by atoms with Gasteiger partial charge in [-0.15, -0.1) is 0 Å². The Morgan fingerprint density at radius 2 is 2.00 bits per heavy atom. The molecule has 0 bridgehead atoms. The van der Waals surface area contributed by atoms with Crippen LogP contribution in [0.5, 0.6) is 5.75 Å². The molecule has 0 saturated heterocycles. The Balaban J connectivity index is 1.90. The zero-order chi connectivity index (χ0) is 18.1. The van der Waals surface area contributed by atoms with Crippen molar-refractivity contribution in [1.82, 2.24) is 5.32 Å². The molecule has 1 amide bonds. The van der Waals surface area contributed by atoms with Crippen LogP contribution >= 0.6 is 12.2 Å². The highest BCUT2D eigenvalue weighted by Crippen LogP contribution is 2.13. The number of nitriles is 1. The molecule has 2 N–H and O–H groups in total. The van der Waals surface area contributed by atoms with E-state index in [1.807, 2.05) is 6.07 Å². The number of hydrogen-bond acceptors (Lipinski definition) is 4. The van der Waals surface area contributed by atoms with Gasteiger partial charge in [0.05, 0.1) is 18.2 Å². The number of amides is 1. The number of rotatable bonds is 6. The Morgan fingerprint density at radius 1 is 1.24 bits per heavy atom. The molecule has 128 valence electrons. The third-order valence-electron chi connectivity index (χ3n) is 3.36. The maximum absolute atomic E-state index is 12.2. The lowest BCUT2D eigenvalue weighted by molar-refractivity contribution is 0.0977. The molecule has 0 fully saturated rings. The highest BCUT2D eigenvalue weighted by molar-refractivity contribution is 7.80. The van der Waals surface area contributed by atoms with Gasteiger partial charge in [-0.1, -0.05) is 19.4 Å². The van der Waals surface area contributed by atoms with Crippen molar-refractivity contribution in [3.8, 4) is 11.8 Å². The smallest absolute Gasteiger partial charge is 0.257 e. The predicted octanol–water partition coefficient (Wildman–Crippen LogP) is 3.86. The highest BCUT2D eigenvalue weighted by Gasteiger charge is 2.08. The van der Waals surface area contributed by atoms with Crippen LogP contribution in [0.15, 0.2) is 48.5 Å². The monoisotopic (exact) mass is 353 g/mol. The van der Waals surface area contributed by atoms with Gasteiger partial charge in [0.1, 0.15) is 5.75 Å². The van der Waals surface area contributed by atoms with Gasteiger partial charge in [-0.2, -0.15) is 5.26 Å². The van der Waals surface area contributed by atoms with E-state index in [9.17, 15) is 4.79 Å². The average molecular weight is 353 g/mol.